The lowest BCUT2D eigenvalue weighted by Gasteiger charge is -2.44. The number of aromatic nitrogens is 1. The zero-order valence-corrected chi connectivity index (χ0v) is 24.1. The Morgan fingerprint density at radius 1 is 0.861 bits per heavy atom. The zero-order chi connectivity index (χ0) is 25.8. The van der Waals surface area contributed by atoms with Gasteiger partial charge in [0.15, 0.2) is 0 Å². The molecule has 1 heterocycles. The summed E-state index contributed by atoms with van der Waals surface area (Å²) in [5, 5.41) is 2.43. The van der Waals surface area contributed by atoms with Crippen LogP contribution in [0, 0.1) is 0 Å². The van der Waals surface area contributed by atoms with Gasteiger partial charge in [0, 0.05) is 6.10 Å². The summed E-state index contributed by atoms with van der Waals surface area (Å²) in [5.41, 5.74) is 0.744. The fourth-order valence-corrected chi connectivity index (χ4v) is 12.3. The number of thiazole rings is 1. The first-order chi connectivity index (χ1) is 17.1. The van der Waals surface area contributed by atoms with Gasteiger partial charge in [0.2, 0.25) is 14.2 Å². The molecule has 0 bridgehead atoms. The Labute approximate surface area is 220 Å². The topological polar surface area (TPSA) is 56.3 Å². The molecule has 190 valence electrons. The summed E-state index contributed by atoms with van der Waals surface area (Å²) in [4.78, 5) is 4.35. The second-order valence-corrected chi connectivity index (χ2v) is 17.9. The Bertz CT molecular complexity index is 1310. The van der Waals surface area contributed by atoms with Gasteiger partial charge < -0.3 is 4.43 Å². The third kappa shape index (κ3) is 5.64. The van der Waals surface area contributed by atoms with Crippen LogP contribution in [-0.2, 0) is 14.3 Å². The molecule has 0 N–H and O–H groups in total. The Morgan fingerprint density at radius 2 is 1.42 bits per heavy atom. The number of unbranched alkanes of at least 4 members (excludes halogenated alkanes) is 1. The molecule has 36 heavy (non-hydrogen) atoms. The predicted octanol–water partition coefficient (Wildman–Crippen LogP) is 6.21. The molecule has 0 saturated heterocycles. The first-order valence-corrected chi connectivity index (χ1v) is 16.9. The van der Waals surface area contributed by atoms with Gasteiger partial charge in [0.25, 0.3) is 8.32 Å². The standard InChI is InChI=1S/C29H35NO3S2Si/c1-23(15-13-14-22-35(31,32)28-30-26-20-11-12-21-27(26)34-28)33-36(29(2,3)4,24-16-7-5-8-17-24)25-18-9-6-10-19-25/h5-12,16-21,23H,13-15,22H2,1-4H3/t23-/m1/s1. The van der Waals surface area contributed by atoms with E-state index in [9.17, 15) is 8.42 Å². The van der Waals surface area contributed by atoms with Gasteiger partial charge in [-0.3, -0.25) is 0 Å². The Hall–Kier alpha value is -2.32. The van der Waals surface area contributed by atoms with E-state index in [1.54, 1.807) is 0 Å². The van der Waals surface area contributed by atoms with Crippen molar-refractivity contribution in [2.45, 2.75) is 62.4 Å². The maximum Gasteiger partial charge on any atom is 0.261 e. The van der Waals surface area contributed by atoms with E-state index in [0.717, 1.165) is 23.1 Å². The lowest BCUT2D eigenvalue weighted by atomic mass is 10.2. The zero-order valence-electron chi connectivity index (χ0n) is 21.5. The number of para-hydroxylation sites is 1. The first kappa shape index (κ1) is 26.7. The molecular weight excluding hydrogens is 503 g/mol. The van der Waals surface area contributed by atoms with Gasteiger partial charge in [-0.1, -0.05) is 93.6 Å². The number of sulfone groups is 1. The second kappa shape index (κ2) is 11.0. The maximum atomic E-state index is 12.9. The third-order valence-electron chi connectivity index (χ3n) is 6.61. The molecule has 7 heteroatoms. The lowest BCUT2D eigenvalue weighted by molar-refractivity contribution is 0.193. The molecule has 0 aliphatic carbocycles. The molecule has 0 unspecified atom stereocenters. The fourth-order valence-electron chi connectivity index (χ4n) is 4.85. The monoisotopic (exact) mass is 537 g/mol. The summed E-state index contributed by atoms with van der Waals surface area (Å²) in [7, 11) is -6.00. The lowest BCUT2D eigenvalue weighted by Crippen LogP contribution is -2.67. The van der Waals surface area contributed by atoms with Gasteiger partial charge in [-0.2, -0.15) is 0 Å². The highest BCUT2D eigenvalue weighted by Gasteiger charge is 2.50. The van der Waals surface area contributed by atoms with Crippen LogP contribution in [0.15, 0.2) is 89.3 Å². The molecule has 0 saturated carbocycles. The van der Waals surface area contributed by atoms with Crippen LogP contribution in [0.25, 0.3) is 10.2 Å². The smallest absolute Gasteiger partial charge is 0.261 e. The van der Waals surface area contributed by atoms with Crippen molar-refractivity contribution in [2.24, 2.45) is 0 Å². The largest absolute Gasteiger partial charge is 0.405 e. The van der Waals surface area contributed by atoms with Gasteiger partial charge in [-0.05, 0) is 53.7 Å². The van der Waals surface area contributed by atoms with Crippen molar-refractivity contribution < 1.29 is 12.8 Å². The van der Waals surface area contributed by atoms with Crippen molar-refractivity contribution in [3.8, 4) is 0 Å². The van der Waals surface area contributed by atoms with E-state index in [1.807, 2.05) is 36.4 Å². The number of nitrogens with zero attached hydrogens (tertiary/aromatic N) is 1. The SMILES string of the molecule is C[C@H](CCCCS(=O)(=O)c1nc2ccccc2s1)O[Si](c1ccccc1)(c1ccccc1)C(C)(C)C. The van der Waals surface area contributed by atoms with Crippen LogP contribution in [-0.4, -0.2) is 33.6 Å². The second-order valence-electron chi connectivity index (χ2n) is 10.4. The molecule has 3 aromatic carbocycles. The number of hydrogen-bond acceptors (Lipinski definition) is 5. The molecule has 0 aliphatic heterocycles. The van der Waals surface area contributed by atoms with E-state index in [2.05, 4.69) is 81.2 Å². The van der Waals surface area contributed by atoms with Crippen molar-refractivity contribution in [2.75, 3.05) is 5.75 Å². The minimum Gasteiger partial charge on any atom is -0.405 e. The third-order valence-corrected chi connectivity index (χ3v) is 15.1. The van der Waals surface area contributed by atoms with Gasteiger partial charge >= 0.3 is 0 Å². The molecule has 4 nitrogen and oxygen atoms in total. The van der Waals surface area contributed by atoms with E-state index in [1.165, 1.54) is 21.7 Å². The van der Waals surface area contributed by atoms with Crippen molar-refractivity contribution in [1.29, 1.82) is 0 Å². The van der Waals surface area contributed by atoms with Crippen LogP contribution in [0.5, 0.6) is 0 Å². The van der Waals surface area contributed by atoms with E-state index in [-0.39, 0.29) is 21.2 Å². The summed E-state index contributed by atoms with van der Waals surface area (Å²) in [6.07, 6.45) is 2.18. The summed E-state index contributed by atoms with van der Waals surface area (Å²) >= 11 is 1.26. The quantitative estimate of drug-likeness (QED) is 0.178. The minimum atomic E-state index is -3.39. The molecule has 0 amide bonds. The number of hydrogen-bond donors (Lipinski definition) is 0. The van der Waals surface area contributed by atoms with Crippen LogP contribution < -0.4 is 10.4 Å². The van der Waals surface area contributed by atoms with Crippen LogP contribution in [0.1, 0.15) is 47.0 Å². The molecule has 4 rings (SSSR count). The number of benzene rings is 3. The molecule has 0 spiro atoms. The Balaban J connectivity index is 1.47. The summed E-state index contributed by atoms with van der Waals surface area (Å²) in [5.74, 6) is 0.110. The normalized spacial score (nSPS) is 13.7. The predicted molar refractivity (Wildman–Crippen MR) is 154 cm³/mol. The summed E-state index contributed by atoms with van der Waals surface area (Å²) in [6.45, 7) is 8.95. The highest BCUT2D eigenvalue weighted by atomic mass is 32.2. The Kier molecular flexibility index (Phi) is 8.14. The summed E-state index contributed by atoms with van der Waals surface area (Å²) in [6, 6.07) is 28.8. The van der Waals surface area contributed by atoms with Crippen molar-refractivity contribution in [1.82, 2.24) is 4.98 Å². The highest BCUT2D eigenvalue weighted by Crippen LogP contribution is 2.38. The molecular formula is C29H35NO3S2Si. The van der Waals surface area contributed by atoms with E-state index in [0.29, 0.717) is 6.42 Å². The molecule has 1 aromatic heterocycles. The average molecular weight is 538 g/mol. The first-order valence-electron chi connectivity index (χ1n) is 12.5. The molecule has 0 fully saturated rings. The van der Waals surface area contributed by atoms with Gasteiger partial charge in [-0.25, -0.2) is 13.4 Å². The summed E-state index contributed by atoms with van der Waals surface area (Å²) < 4.78 is 34.0. The van der Waals surface area contributed by atoms with Crippen molar-refractivity contribution in [3.05, 3.63) is 84.9 Å². The minimum absolute atomic E-state index is 0.00135. The van der Waals surface area contributed by atoms with E-state index < -0.39 is 18.2 Å². The number of rotatable bonds is 10. The molecule has 1 atom stereocenters. The highest BCUT2D eigenvalue weighted by molar-refractivity contribution is 7.93. The van der Waals surface area contributed by atoms with Crippen LogP contribution >= 0.6 is 11.3 Å². The van der Waals surface area contributed by atoms with E-state index >= 15 is 0 Å². The molecule has 0 radical (unpaired) electrons. The molecule has 4 aromatic rings. The maximum absolute atomic E-state index is 12.9. The van der Waals surface area contributed by atoms with Crippen molar-refractivity contribution >= 4 is 50.1 Å². The van der Waals surface area contributed by atoms with E-state index in [4.69, 9.17) is 4.43 Å². The van der Waals surface area contributed by atoms with Crippen LogP contribution in [0.3, 0.4) is 0 Å². The van der Waals surface area contributed by atoms with Gasteiger partial charge in [0.05, 0.1) is 16.0 Å². The van der Waals surface area contributed by atoms with Gasteiger partial charge in [-0.15, -0.1) is 11.3 Å². The van der Waals surface area contributed by atoms with Crippen molar-refractivity contribution in [3.63, 3.8) is 0 Å². The van der Waals surface area contributed by atoms with Crippen LogP contribution in [0.2, 0.25) is 5.04 Å². The molecule has 0 aliphatic rings. The van der Waals surface area contributed by atoms with Gasteiger partial charge in [0.1, 0.15) is 0 Å². The fraction of sp³-hybridized carbons (Fsp3) is 0.345. The van der Waals surface area contributed by atoms with Crippen LogP contribution in [0.4, 0.5) is 0 Å². The Morgan fingerprint density at radius 3 is 1.97 bits per heavy atom. The average Bonchev–Trinajstić information content (AvgIpc) is 3.31. The number of fused-ring (bicyclic) bond motifs is 1.